The number of rotatable bonds is 4. The minimum Gasteiger partial charge on any atom is -0.491 e. The Bertz CT molecular complexity index is 1050. The van der Waals surface area contributed by atoms with Crippen LogP contribution in [0.1, 0.15) is 37.6 Å². The lowest BCUT2D eigenvalue weighted by Gasteiger charge is -2.33. The number of nitrogens with one attached hydrogen (secondary N) is 1. The maximum Gasteiger partial charge on any atom is 0.144 e. The molecule has 0 unspecified atom stereocenters. The van der Waals surface area contributed by atoms with Gasteiger partial charge in [-0.15, -0.1) is 0 Å². The lowest BCUT2D eigenvalue weighted by molar-refractivity contribution is 0.318. The Morgan fingerprint density at radius 3 is 2.74 bits per heavy atom. The average molecular weight is 397 g/mol. The Morgan fingerprint density at radius 2 is 1.93 bits per heavy atom. The molecular formula is C22H24N2OS2. The highest BCUT2D eigenvalue weighted by atomic mass is 32.9. The number of anilines is 1. The number of nitrogens with zero attached hydrogens (tertiary/aromatic N) is 1. The number of benzene rings is 2. The van der Waals surface area contributed by atoms with E-state index in [1.165, 1.54) is 27.3 Å². The molecule has 2 heterocycles. The fourth-order valence-corrected chi connectivity index (χ4v) is 6.28. The van der Waals surface area contributed by atoms with Gasteiger partial charge in [0.1, 0.15) is 16.1 Å². The average Bonchev–Trinajstić information content (AvgIpc) is 3.07. The molecule has 0 aliphatic carbocycles. The Balaban J connectivity index is 1.91. The van der Waals surface area contributed by atoms with Crippen molar-refractivity contribution >= 4 is 32.1 Å². The zero-order valence-electron chi connectivity index (χ0n) is 16.1. The van der Waals surface area contributed by atoms with E-state index >= 15 is 0 Å². The molecule has 3 aromatic rings. The Hall–Kier alpha value is -2.11. The zero-order valence-corrected chi connectivity index (χ0v) is 17.8. The highest BCUT2D eigenvalue weighted by molar-refractivity contribution is 7.68. The molecule has 0 fully saturated rings. The summed E-state index contributed by atoms with van der Waals surface area (Å²) >= 11 is 0. The fourth-order valence-electron chi connectivity index (χ4n) is 3.35. The molecule has 0 bridgehead atoms. The van der Waals surface area contributed by atoms with Gasteiger partial charge in [0.05, 0.1) is 17.0 Å². The highest BCUT2D eigenvalue weighted by Crippen LogP contribution is 2.45. The molecule has 1 aliphatic rings. The van der Waals surface area contributed by atoms with Gasteiger partial charge in [-0.25, -0.2) is 4.99 Å². The van der Waals surface area contributed by atoms with E-state index in [1.807, 2.05) is 34.6 Å². The molecule has 0 atom stereocenters. The van der Waals surface area contributed by atoms with E-state index in [0.717, 1.165) is 22.5 Å². The van der Waals surface area contributed by atoms with Gasteiger partial charge in [0.25, 0.3) is 0 Å². The molecule has 4 rings (SSSR count). The lowest BCUT2D eigenvalue weighted by atomic mass is 9.89. The minimum atomic E-state index is -0.106. The second-order valence-electron chi connectivity index (χ2n) is 7.40. The Morgan fingerprint density at radius 1 is 1.11 bits per heavy atom. The van der Waals surface area contributed by atoms with Gasteiger partial charge in [-0.3, -0.25) is 0 Å². The van der Waals surface area contributed by atoms with Gasteiger partial charge in [-0.05, 0) is 51.5 Å². The summed E-state index contributed by atoms with van der Waals surface area (Å²) in [7, 11) is 3.56. The highest BCUT2D eigenvalue weighted by Gasteiger charge is 2.33. The summed E-state index contributed by atoms with van der Waals surface area (Å²) in [4.78, 5) is 6.38. The van der Waals surface area contributed by atoms with Gasteiger partial charge < -0.3 is 10.1 Å². The van der Waals surface area contributed by atoms with Crippen LogP contribution in [0, 0.1) is 6.92 Å². The van der Waals surface area contributed by atoms with Gasteiger partial charge in [0, 0.05) is 16.8 Å². The molecule has 0 saturated carbocycles. The van der Waals surface area contributed by atoms with Crippen molar-refractivity contribution in [1.82, 2.24) is 0 Å². The van der Waals surface area contributed by atoms with Crippen molar-refractivity contribution in [2.75, 3.05) is 11.9 Å². The first-order valence-electron chi connectivity index (χ1n) is 9.29. The summed E-state index contributed by atoms with van der Waals surface area (Å²) in [5.41, 5.74) is 5.73. The maximum absolute atomic E-state index is 5.91. The van der Waals surface area contributed by atoms with Crippen LogP contribution in [0.4, 0.5) is 11.4 Å². The van der Waals surface area contributed by atoms with Gasteiger partial charge in [0.2, 0.25) is 0 Å². The molecule has 1 aromatic heterocycles. The first-order valence-corrected chi connectivity index (χ1v) is 11.4. The van der Waals surface area contributed by atoms with Crippen LogP contribution in [0.3, 0.4) is 0 Å². The number of ether oxygens (including phenoxy) is 1. The SMILES string of the molecule is CCCOc1ccccc1N=c1ssc2c1-c1cc(C)ccc1NC2(C)C. The largest absolute Gasteiger partial charge is 0.491 e. The summed E-state index contributed by atoms with van der Waals surface area (Å²) in [6.45, 7) is 9.43. The molecule has 0 amide bonds. The third-order valence-electron chi connectivity index (χ3n) is 4.65. The third kappa shape index (κ3) is 3.42. The molecule has 5 heteroatoms. The smallest absolute Gasteiger partial charge is 0.144 e. The minimum absolute atomic E-state index is 0.106. The van der Waals surface area contributed by atoms with Crippen molar-refractivity contribution in [2.24, 2.45) is 4.99 Å². The van der Waals surface area contributed by atoms with Crippen LogP contribution >= 0.6 is 20.7 Å². The molecule has 3 nitrogen and oxygen atoms in total. The van der Waals surface area contributed by atoms with Gasteiger partial charge in [-0.2, -0.15) is 0 Å². The van der Waals surface area contributed by atoms with Crippen LogP contribution < -0.4 is 14.7 Å². The number of fused-ring (bicyclic) bond motifs is 3. The second-order valence-corrected chi connectivity index (χ2v) is 9.53. The predicted octanol–water partition coefficient (Wildman–Crippen LogP) is 6.47. The number of hydrogen-bond donors (Lipinski definition) is 1. The van der Waals surface area contributed by atoms with Crippen molar-refractivity contribution in [3.8, 4) is 16.9 Å². The van der Waals surface area contributed by atoms with E-state index in [-0.39, 0.29) is 5.54 Å². The molecule has 0 radical (unpaired) electrons. The summed E-state index contributed by atoms with van der Waals surface area (Å²) in [6.07, 6.45) is 0.983. The number of hydrogen-bond acceptors (Lipinski definition) is 5. The van der Waals surface area contributed by atoms with E-state index in [9.17, 15) is 0 Å². The Kier molecular flexibility index (Phi) is 4.82. The third-order valence-corrected chi connectivity index (χ3v) is 7.29. The van der Waals surface area contributed by atoms with E-state index in [2.05, 4.69) is 51.2 Å². The zero-order chi connectivity index (χ0) is 19.0. The number of aryl methyl sites for hydroxylation is 1. The standard InChI is InChI=1S/C22H24N2OS2/c1-5-12-25-18-9-7-6-8-17(18)23-21-19-15-13-14(2)10-11-16(15)24-22(3,4)20(19)26-27-21/h6-11,13,24H,5,12H2,1-4H3. The van der Waals surface area contributed by atoms with E-state index in [0.29, 0.717) is 6.61 Å². The van der Waals surface area contributed by atoms with Crippen LogP contribution in [0.2, 0.25) is 0 Å². The van der Waals surface area contributed by atoms with Crippen molar-refractivity contribution in [3.63, 3.8) is 0 Å². The van der Waals surface area contributed by atoms with Crippen molar-refractivity contribution in [1.29, 1.82) is 0 Å². The molecule has 0 saturated heterocycles. The second kappa shape index (κ2) is 7.13. The van der Waals surface area contributed by atoms with Crippen LogP contribution in [0.15, 0.2) is 47.5 Å². The molecule has 0 spiro atoms. The molecule has 140 valence electrons. The summed E-state index contributed by atoms with van der Waals surface area (Å²) in [5.74, 6) is 0.851. The van der Waals surface area contributed by atoms with E-state index < -0.39 is 0 Å². The molecular weight excluding hydrogens is 372 g/mol. The lowest BCUT2D eigenvalue weighted by Crippen LogP contribution is -2.31. The Labute approximate surface area is 167 Å². The van der Waals surface area contributed by atoms with Crippen molar-refractivity contribution in [3.05, 3.63) is 57.6 Å². The quantitative estimate of drug-likeness (QED) is 0.513. The van der Waals surface area contributed by atoms with Crippen LogP contribution in [-0.2, 0) is 5.54 Å². The molecule has 2 aromatic carbocycles. The van der Waals surface area contributed by atoms with E-state index in [1.54, 1.807) is 10.3 Å². The fraction of sp³-hybridized carbons (Fsp3) is 0.318. The predicted molar refractivity (Wildman–Crippen MR) is 116 cm³/mol. The van der Waals surface area contributed by atoms with Crippen LogP contribution in [0.25, 0.3) is 11.1 Å². The maximum atomic E-state index is 5.91. The normalized spacial score (nSPS) is 15.0. The topological polar surface area (TPSA) is 33.6 Å². The van der Waals surface area contributed by atoms with Crippen molar-refractivity contribution in [2.45, 2.75) is 39.7 Å². The van der Waals surface area contributed by atoms with Crippen LogP contribution in [-0.4, -0.2) is 6.61 Å². The monoisotopic (exact) mass is 396 g/mol. The first kappa shape index (κ1) is 18.3. The summed E-state index contributed by atoms with van der Waals surface area (Å²) in [5, 5.41) is 3.69. The molecule has 1 N–H and O–H groups in total. The van der Waals surface area contributed by atoms with Gasteiger partial charge in [0.15, 0.2) is 0 Å². The first-order chi connectivity index (χ1) is 13.0. The van der Waals surface area contributed by atoms with Gasteiger partial charge in [-0.1, -0.05) is 51.4 Å². The summed E-state index contributed by atoms with van der Waals surface area (Å²) in [6, 6.07) is 14.7. The molecule has 1 aliphatic heterocycles. The molecule has 27 heavy (non-hydrogen) atoms. The van der Waals surface area contributed by atoms with Crippen LogP contribution in [0.5, 0.6) is 5.75 Å². The van der Waals surface area contributed by atoms with E-state index in [4.69, 9.17) is 9.73 Å². The van der Waals surface area contributed by atoms with Gasteiger partial charge >= 0.3 is 0 Å². The number of para-hydroxylation sites is 2. The summed E-state index contributed by atoms with van der Waals surface area (Å²) < 4.78 is 6.97. The van der Waals surface area contributed by atoms with Crippen molar-refractivity contribution < 1.29 is 4.74 Å².